The lowest BCUT2D eigenvalue weighted by Crippen LogP contribution is -2.24. The Labute approximate surface area is 104 Å². The first-order valence-electron chi connectivity index (χ1n) is 6.71. The van der Waals surface area contributed by atoms with Crippen molar-refractivity contribution in [2.24, 2.45) is 5.92 Å². The van der Waals surface area contributed by atoms with Gasteiger partial charge in [0.2, 0.25) is 0 Å². The smallest absolute Gasteiger partial charge is 0.123 e. The number of nitrogens with zero attached hydrogens (tertiary/aromatic N) is 2. The number of pyridine rings is 1. The van der Waals surface area contributed by atoms with Gasteiger partial charge in [0.25, 0.3) is 0 Å². The van der Waals surface area contributed by atoms with Crippen LogP contribution in [-0.4, -0.2) is 23.0 Å². The van der Waals surface area contributed by atoms with Crippen LogP contribution >= 0.6 is 0 Å². The molecule has 0 spiro atoms. The topological polar surface area (TPSA) is 42.1 Å². The Hall–Kier alpha value is -1.09. The Balaban J connectivity index is 1.90. The van der Waals surface area contributed by atoms with E-state index < -0.39 is 0 Å². The van der Waals surface area contributed by atoms with Crippen molar-refractivity contribution in [3.63, 3.8) is 0 Å². The molecule has 17 heavy (non-hydrogen) atoms. The van der Waals surface area contributed by atoms with Gasteiger partial charge in [-0.05, 0) is 50.4 Å². The molecule has 1 aromatic rings. The first-order chi connectivity index (χ1) is 8.28. The van der Waals surface area contributed by atoms with Crippen LogP contribution < -0.4 is 5.73 Å². The van der Waals surface area contributed by atoms with E-state index in [4.69, 9.17) is 5.73 Å². The van der Waals surface area contributed by atoms with Gasteiger partial charge >= 0.3 is 0 Å². The summed E-state index contributed by atoms with van der Waals surface area (Å²) in [6.07, 6.45) is 5.36. The van der Waals surface area contributed by atoms with E-state index in [1.54, 1.807) is 0 Å². The van der Waals surface area contributed by atoms with E-state index in [9.17, 15) is 0 Å². The van der Waals surface area contributed by atoms with Crippen LogP contribution in [0.2, 0.25) is 0 Å². The summed E-state index contributed by atoms with van der Waals surface area (Å²) in [4.78, 5) is 6.88. The number of anilines is 1. The summed E-state index contributed by atoms with van der Waals surface area (Å²) in [5, 5.41) is 0. The molecule has 2 rings (SSSR count). The molecule has 2 heterocycles. The zero-order valence-corrected chi connectivity index (χ0v) is 10.7. The zero-order chi connectivity index (χ0) is 12.1. The van der Waals surface area contributed by atoms with E-state index in [1.165, 1.54) is 38.8 Å². The number of likely N-dealkylation sites (tertiary alicyclic amines) is 1. The van der Waals surface area contributed by atoms with Crippen molar-refractivity contribution < 1.29 is 0 Å². The summed E-state index contributed by atoms with van der Waals surface area (Å²) in [5.41, 5.74) is 6.81. The molecule has 94 valence electrons. The Morgan fingerprint density at radius 1 is 1.35 bits per heavy atom. The van der Waals surface area contributed by atoms with Crippen molar-refractivity contribution in [1.82, 2.24) is 9.88 Å². The summed E-state index contributed by atoms with van der Waals surface area (Å²) in [6.45, 7) is 5.66. The minimum absolute atomic E-state index is 0.628. The van der Waals surface area contributed by atoms with Crippen LogP contribution in [0.25, 0.3) is 0 Å². The summed E-state index contributed by atoms with van der Waals surface area (Å²) in [6, 6.07) is 5.90. The quantitative estimate of drug-likeness (QED) is 0.872. The van der Waals surface area contributed by atoms with Crippen LogP contribution in [0.5, 0.6) is 0 Å². The molecule has 0 bridgehead atoms. The second-order valence-corrected chi connectivity index (χ2v) is 5.04. The number of hydrogen-bond acceptors (Lipinski definition) is 3. The van der Waals surface area contributed by atoms with E-state index in [0.717, 1.165) is 18.2 Å². The van der Waals surface area contributed by atoms with E-state index >= 15 is 0 Å². The molecular weight excluding hydrogens is 210 g/mol. The van der Waals surface area contributed by atoms with Gasteiger partial charge in [-0.25, -0.2) is 4.98 Å². The van der Waals surface area contributed by atoms with Gasteiger partial charge < -0.3 is 5.73 Å². The lowest BCUT2D eigenvalue weighted by Gasteiger charge is -2.19. The Morgan fingerprint density at radius 2 is 2.24 bits per heavy atom. The van der Waals surface area contributed by atoms with Crippen molar-refractivity contribution in [2.75, 3.05) is 18.8 Å². The van der Waals surface area contributed by atoms with Gasteiger partial charge in [-0.3, -0.25) is 4.90 Å². The second-order valence-electron chi connectivity index (χ2n) is 5.04. The molecule has 3 heteroatoms. The highest BCUT2D eigenvalue weighted by Crippen LogP contribution is 2.21. The van der Waals surface area contributed by atoms with Gasteiger partial charge in [-0.2, -0.15) is 0 Å². The lowest BCUT2D eigenvalue weighted by atomic mass is 9.98. The van der Waals surface area contributed by atoms with Gasteiger partial charge in [0, 0.05) is 6.54 Å². The highest BCUT2D eigenvalue weighted by atomic mass is 15.1. The maximum atomic E-state index is 5.71. The predicted molar refractivity (Wildman–Crippen MR) is 71.6 cm³/mol. The predicted octanol–water partition coefficient (Wildman–Crippen LogP) is 2.68. The van der Waals surface area contributed by atoms with E-state index in [1.807, 2.05) is 12.1 Å². The van der Waals surface area contributed by atoms with Crippen LogP contribution in [0.1, 0.15) is 38.3 Å². The van der Waals surface area contributed by atoms with Gasteiger partial charge in [-0.1, -0.05) is 19.4 Å². The molecule has 0 saturated carbocycles. The number of hydrogen-bond donors (Lipinski definition) is 1. The summed E-state index contributed by atoms with van der Waals surface area (Å²) >= 11 is 0. The minimum atomic E-state index is 0.628. The molecule has 0 aromatic carbocycles. The van der Waals surface area contributed by atoms with Gasteiger partial charge in [-0.15, -0.1) is 0 Å². The van der Waals surface area contributed by atoms with E-state index in [0.29, 0.717) is 5.82 Å². The molecule has 1 saturated heterocycles. The van der Waals surface area contributed by atoms with E-state index in [-0.39, 0.29) is 0 Å². The SMILES string of the molecule is CCC1CCCN(Cc2cccc(N)n2)CC1. The normalized spacial score (nSPS) is 22.3. The van der Waals surface area contributed by atoms with Crippen LogP contribution in [0.3, 0.4) is 0 Å². The van der Waals surface area contributed by atoms with Gasteiger partial charge in [0.1, 0.15) is 5.82 Å². The Bertz CT molecular complexity index is 351. The molecule has 0 radical (unpaired) electrons. The number of aromatic nitrogens is 1. The first kappa shape index (κ1) is 12.4. The molecule has 0 aliphatic carbocycles. The highest BCUT2D eigenvalue weighted by molar-refractivity contribution is 5.28. The average Bonchev–Trinajstić information content (AvgIpc) is 2.54. The van der Waals surface area contributed by atoms with Crippen molar-refractivity contribution in [1.29, 1.82) is 0 Å². The number of nitrogen functional groups attached to an aromatic ring is 1. The third-order valence-corrected chi connectivity index (χ3v) is 3.73. The minimum Gasteiger partial charge on any atom is -0.384 e. The monoisotopic (exact) mass is 233 g/mol. The molecule has 1 aromatic heterocycles. The fraction of sp³-hybridized carbons (Fsp3) is 0.643. The molecule has 3 nitrogen and oxygen atoms in total. The fourth-order valence-corrected chi connectivity index (χ4v) is 2.61. The van der Waals surface area contributed by atoms with Crippen molar-refractivity contribution >= 4 is 5.82 Å². The number of rotatable bonds is 3. The molecule has 2 N–H and O–H groups in total. The lowest BCUT2D eigenvalue weighted by molar-refractivity contribution is 0.269. The van der Waals surface area contributed by atoms with E-state index in [2.05, 4.69) is 22.9 Å². The van der Waals surface area contributed by atoms with Crippen molar-refractivity contribution in [2.45, 2.75) is 39.2 Å². The van der Waals surface area contributed by atoms with Crippen molar-refractivity contribution in [3.05, 3.63) is 23.9 Å². The molecular formula is C14H23N3. The summed E-state index contributed by atoms with van der Waals surface area (Å²) in [7, 11) is 0. The largest absolute Gasteiger partial charge is 0.384 e. The standard InChI is InChI=1S/C14H23N3/c1-2-12-5-4-9-17(10-8-12)11-13-6-3-7-14(15)16-13/h3,6-7,12H,2,4-5,8-11H2,1H3,(H2,15,16). The maximum absolute atomic E-state index is 5.71. The Morgan fingerprint density at radius 3 is 3.00 bits per heavy atom. The average molecular weight is 233 g/mol. The third kappa shape index (κ3) is 3.70. The third-order valence-electron chi connectivity index (χ3n) is 3.73. The molecule has 1 aliphatic heterocycles. The summed E-state index contributed by atoms with van der Waals surface area (Å²) in [5.74, 6) is 1.55. The molecule has 0 amide bonds. The molecule has 1 unspecified atom stereocenters. The van der Waals surface area contributed by atoms with Gasteiger partial charge in [0.05, 0.1) is 5.69 Å². The first-order valence-corrected chi connectivity index (χ1v) is 6.71. The molecule has 1 atom stereocenters. The maximum Gasteiger partial charge on any atom is 0.123 e. The molecule has 1 fully saturated rings. The Kier molecular flexibility index (Phi) is 4.37. The van der Waals surface area contributed by atoms with Crippen molar-refractivity contribution in [3.8, 4) is 0 Å². The van der Waals surface area contributed by atoms with Gasteiger partial charge in [0.15, 0.2) is 0 Å². The fourth-order valence-electron chi connectivity index (χ4n) is 2.61. The number of nitrogens with two attached hydrogens (primary N) is 1. The molecule has 1 aliphatic rings. The highest BCUT2D eigenvalue weighted by Gasteiger charge is 2.15. The van der Waals surface area contributed by atoms with Crippen LogP contribution in [0, 0.1) is 5.92 Å². The van der Waals surface area contributed by atoms with Crippen LogP contribution in [0.4, 0.5) is 5.82 Å². The second kappa shape index (κ2) is 6.01. The summed E-state index contributed by atoms with van der Waals surface area (Å²) < 4.78 is 0. The van der Waals surface area contributed by atoms with Crippen LogP contribution in [-0.2, 0) is 6.54 Å². The van der Waals surface area contributed by atoms with Crippen LogP contribution in [0.15, 0.2) is 18.2 Å². The zero-order valence-electron chi connectivity index (χ0n) is 10.7.